The average Bonchev–Trinajstić information content (AvgIpc) is 3.56. The molecular weight excluding hydrogens is 425 g/mol. The maximum atomic E-state index is 13.8. The van der Waals surface area contributed by atoms with Gasteiger partial charge in [-0.25, -0.2) is 13.9 Å². The summed E-state index contributed by atoms with van der Waals surface area (Å²) in [5.74, 6) is 0.0516. The summed E-state index contributed by atoms with van der Waals surface area (Å²) < 4.78 is 15.5. The van der Waals surface area contributed by atoms with Crippen LogP contribution >= 0.6 is 11.3 Å². The van der Waals surface area contributed by atoms with Crippen LogP contribution in [0.2, 0.25) is 0 Å². The summed E-state index contributed by atoms with van der Waals surface area (Å²) in [5, 5.41) is 6.42. The third-order valence-corrected chi connectivity index (χ3v) is 6.98. The second-order valence-corrected chi connectivity index (χ2v) is 9.03. The van der Waals surface area contributed by atoms with Crippen LogP contribution in [0.4, 0.5) is 4.39 Å². The number of likely N-dealkylation sites (tertiary alicyclic amines) is 1. The van der Waals surface area contributed by atoms with E-state index in [1.54, 1.807) is 34.3 Å². The molecule has 0 N–H and O–H groups in total. The number of fused-ring (bicyclic) bond motifs is 1. The van der Waals surface area contributed by atoms with Crippen LogP contribution in [0.25, 0.3) is 27.5 Å². The van der Waals surface area contributed by atoms with E-state index in [1.807, 2.05) is 42.8 Å². The third-order valence-electron chi connectivity index (χ3n) is 6.09. The first-order chi connectivity index (χ1) is 15.6. The van der Waals surface area contributed by atoms with Crippen molar-refractivity contribution >= 4 is 22.8 Å². The highest BCUT2D eigenvalue weighted by Gasteiger charge is 2.31. The van der Waals surface area contributed by atoms with E-state index in [0.29, 0.717) is 42.7 Å². The average molecular weight is 450 g/mol. The van der Waals surface area contributed by atoms with Gasteiger partial charge in [-0.1, -0.05) is 13.0 Å². The smallest absolute Gasteiger partial charge is 0.165 e. The molecule has 0 amide bonds. The van der Waals surface area contributed by atoms with Gasteiger partial charge < -0.3 is 0 Å². The van der Waals surface area contributed by atoms with Crippen molar-refractivity contribution in [2.75, 3.05) is 13.1 Å². The molecule has 0 radical (unpaired) electrons. The van der Waals surface area contributed by atoms with Gasteiger partial charge in [-0.2, -0.15) is 5.10 Å². The highest BCUT2D eigenvalue weighted by molar-refractivity contribution is 7.13. The minimum Gasteiger partial charge on any atom is -0.298 e. The van der Waals surface area contributed by atoms with Crippen molar-refractivity contribution in [3.8, 4) is 21.8 Å². The molecule has 164 valence electrons. The number of hydrogen-bond acceptors (Lipinski definition) is 6. The quantitative estimate of drug-likeness (QED) is 0.375. The Kier molecular flexibility index (Phi) is 5.80. The van der Waals surface area contributed by atoms with Crippen molar-refractivity contribution in [3.63, 3.8) is 0 Å². The SMILES string of the molecule is CCN1C[C@@H](F)C[C@H]1CCC(=O)c1ccnc(-c2cnn3ccc(-c4cccs4)nc23)c1. The number of rotatable bonds is 7. The van der Waals surface area contributed by atoms with Crippen LogP contribution in [-0.4, -0.2) is 55.6 Å². The molecule has 1 aliphatic rings. The first kappa shape index (κ1) is 20.9. The van der Waals surface area contributed by atoms with Gasteiger partial charge in [-0.3, -0.25) is 14.7 Å². The number of pyridine rings is 1. The molecule has 4 aromatic heterocycles. The zero-order valence-electron chi connectivity index (χ0n) is 17.8. The molecule has 1 aliphatic heterocycles. The van der Waals surface area contributed by atoms with E-state index in [4.69, 9.17) is 4.98 Å². The molecule has 5 rings (SSSR count). The van der Waals surface area contributed by atoms with Gasteiger partial charge in [0.15, 0.2) is 11.4 Å². The summed E-state index contributed by atoms with van der Waals surface area (Å²) in [6.07, 6.45) is 6.07. The van der Waals surface area contributed by atoms with Gasteiger partial charge in [0.05, 0.1) is 28.0 Å². The van der Waals surface area contributed by atoms with E-state index in [-0.39, 0.29) is 11.8 Å². The largest absolute Gasteiger partial charge is 0.298 e. The van der Waals surface area contributed by atoms with Gasteiger partial charge >= 0.3 is 0 Å². The Hall–Kier alpha value is -2.97. The number of alkyl halides is 1. The molecule has 1 fully saturated rings. The first-order valence-corrected chi connectivity index (χ1v) is 11.8. The van der Waals surface area contributed by atoms with Crippen molar-refractivity contribution in [1.29, 1.82) is 0 Å². The fraction of sp³-hybridized carbons (Fsp3) is 0.333. The van der Waals surface area contributed by atoms with Crippen LogP contribution in [0.5, 0.6) is 0 Å². The molecular formula is C24H24FN5OS. The number of aromatic nitrogens is 4. The maximum Gasteiger partial charge on any atom is 0.165 e. The lowest BCUT2D eigenvalue weighted by molar-refractivity contribution is 0.0968. The summed E-state index contributed by atoms with van der Waals surface area (Å²) in [5.41, 5.74) is 3.64. The molecule has 32 heavy (non-hydrogen) atoms. The zero-order chi connectivity index (χ0) is 22.1. The molecule has 2 atom stereocenters. The normalized spacial score (nSPS) is 19.1. The Labute approximate surface area is 189 Å². The summed E-state index contributed by atoms with van der Waals surface area (Å²) in [6.45, 7) is 3.33. The summed E-state index contributed by atoms with van der Waals surface area (Å²) in [6, 6.07) is 9.66. The Morgan fingerprint density at radius 3 is 3.00 bits per heavy atom. The molecule has 1 saturated heterocycles. The molecule has 0 saturated carbocycles. The topological polar surface area (TPSA) is 63.4 Å². The van der Waals surface area contributed by atoms with E-state index in [2.05, 4.69) is 15.0 Å². The fourth-order valence-electron chi connectivity index (χ4n) is 4.41. The highest BCUT2D eigenvalue weighted by Crippen LogP contribution is 2.28. The second-order valence-electron chi connectivity index (χ2n) is 8.08. The lowest BCUT2D eigenvalue weighted by Gasteiger charge is -2.21. The molecule has 0 unspecified atom stereocenters. The zero-order valence-corrected chi connectivity index (χ0v) is 18.6. The van der Waals surface area contributed by atoms with E-state index in [0.717, 1.165) is 22.7 Å². The molecule has 0 bridgehead atoms. The van der Waals surface area contributed by atoms with Crippen LogP contribution < -0.4 is 0 Å². The number of hydrogen-bond donors (Lipinski definition) is 0. The maximum absolute atomic E-state index is 13.8. The molecule has 0 aliphatic carbocycles. The molecule has 6 nitrogen and oxygen atoms in total. The Bertz CT molecular complexity index is 1240. The molecule has 0 aromatic carbocycles. The lowest BCUT2D eigenvalue weighted by atomic mass is 10.0. The number of Topliss-reactive ketones (excluding diaryl/α,β-unsaturated/α-hetero) is 1. The minimum atomic E-state index is -0.787. The van der Waals surface area contributed by atoms with Crippen molar-refractivity contribution in [2.24, 2.45) is 0 Å². The third kappa shape index (κ3) is 4.08. The van der Waals surface area contributed by atoms with Gasteiger partial charge in [0, 0.05) is 37.0 Å². The van der Waals surface area contributed by atoms with Crippen molar-refractivity contribution < 1.29 is 9.18 Å². The number of carbonyl (C=O) groups is 1. The van der Waals surface area contributed by atoms with Crippen LogP contribution in [-0.2, 0) is 0 Å². The minimum absolute atomic E-state index is 0.0516. The number of halogens is 1. The first-order valence-electron chi connectivity index (χ1n) is 10.9. The van der Waals surface area contributed by atoms with Crippen LogP contribution in [0, 0.1) is 0 Å². The number of carbonyl (C=O) groups excluding carboxylic acids is 1. The molecule has 0 spiro atoms. The standard InChI is InChI=1S/C24H24FN5OS/c1-2-29-15-17(25)13-18(29)5-6-22(31)16-7-9-26-21(12-16)19-14-27-30-10-8-20(28-24(19)30)23-4-3-11-32-23/h3-4,7-12,14,17-18H,2,5-6,13,15H2,1H3/t17-,18+/m0/s1. The summed E-state index contributed by atoms with van der Waals surface area (Å²) in [4.78, 5) is 25.4. The van der Waals surface area contributed by atoms with Crippen molar-refractivity contribution in [3.05, 3.63) is 59.9 Å². The van der Waals surface area contributed by atoms with Crippen molar-refractivity contribution in [1.82, 2.24) is 24.5 Å². The predicted octanol–water partition coefficient (Wildman–Crippen LogP) is 4.92. The van der Waals surface area contributed by atoms with Gasteiger partial charge in [-0.15, -0.1) is 11.3 Å². The summed E-state index contributed by atoms with van der Waals surface area (Å²) in [7, 11) is 0. The van der Waals surface area contributed by atoms with E-state index < -0.39 is 6.17 Å². The van der Waals surface area contributed by atoms with Crippen LogP contribution in [0.1, 0.15) is 36.5 Å². The lowest BCUT2D eigenvalue weighted by Crippen LogP contribution is -2.29. The van der Waals surface area contributed by atoms with E-state index in [1.165, 1.54) is 0 Å². The number of ketones is 1. The van der Waals surface area contributed by atoms with Crippen LogP contribution in [0.3, 0.4) is 0 Å². The molecule has 8 heteroatoms. The second kappa shape index (κ2) is 8.88. The number of thiophene rings is 1. The monoisotopic (exact) mass is 449 g/mol. The van der Waals surface area contributed by atoms with Crippen molar-refractivity contribution in [2.45, 2.75) is 38.4 Å². The predicted molar refractivity (Wildman–Crippen MR) is 124 cm³/mol. The Morgan fingerprint density at radius 2 is 2.19 bits per heavy atom. The molecule has 5 heterocycles. The van der Waals surface area contributed by atoms with Gasteiger partial charge in [0.25, 0.3) is 0 Å². The Balaban J connectivity index is 1.37. The fourth-order valence-corrected chi connectivity index (χ4v) is 5.11. The van der Waals surface area contributed by atoms with E-state index >= 15 is 0 Å². The summed E-state index contributed by atoms with van der Waals surface area (Å²) >= 11 is 1.63. The van der Waals surface area contributed by atoms with Crippen LogP contribution in [0.15, 0.2) is 54.3 Å². The van der Waals surface area contributed by atoms with Gasteiger partial charge in [0.1, 0.15) is 6.17 Å². The van der Waals surface area contributed by atoms with Gasteiger partial charge in [0.2, 0.25) is 0 Å². The highest BCUT2D eigenvalue weighted by atomic mass is 32.1. The Morgan fingerprint density at radius 1 is 1.28 bits per heavy atom. The number of nitrogens with zero attached hydrogens (tertiary/aromatic N) is 5. The van der Waals surface area contributed by atoms with E-state index in [9.17, 15) is 9.18 Å². The molecule has 4 aromatic rings. The van der Waals surface area contributed by atoms with Gasteiger partial charge in [-0.05, 0) is 49.0 Å².